The van der Waals surface area contributed by atoms with Gasteiger partial charge >= 0.3 is 0 Å². The molecule has 0 aromatic heterocycles. The molecule has 3 aliphatic carbocycles. The van der Waals surface area contributed by atoms with Gasteiger partial charge in [-0.05, 0) is 76.8 Å². The van der Waals surface area contributed by atoms with Crippen LogP contribution in [0.5, 0.6) is 11.5 Å². The fourth-order valence-corrected chi connectivity index (χ4v) is 6.24. The van der Waals surface area contributed by atoms with Crippen molar-refractivity contribution in [3.8, 4) is 11.5 Å². The van der Waals surface area contributed by atoms with Crippen molar-refractivity contribution >= 4 is 23.2 Å². The van der Waals surface area contributed by atoms with Crippen LogP contribution in [0.1, 0.15) is 58.1 Å². The lowest BCUT2D eigenvalue weighted by Gasteiger charge is -2.60. The number of rotatable bonds is 4. The van der Waals surface area contributed by atoms with E-state index in [9.17, 15) is 0 Å². The molecule has 142 valence electrons. The van der Waals surface area contributed by atoms with E-state index in [0.29, 0.717) is 23.6 Å². The lowest BCUT2D eigenvalue weighted by atomic mass is 9.44. The van der Waals surface area contributed by atoms with Gasteiger partial charge in [0.1, 0.15) is 11.5 Å². The molecule has 2 aromatic carbocycles. The number of benzene rings is 2. The van der Waals surface area contributed by atoms with E-state index in [-0.39, 0.29) is 0 Å². The zero-order chi connectivity index (χ0) is 18.7. The van der Waals surface area contributed by atoms with Crippen LogP contribution in [-0.4, -0.2) is 14.2 Å². The van der Waals surface area contributed by atoms with Gasteiger partial charge in [0.15, 0.2) is 0 Å². The molecule has 5 rings (SSSR count). The maximum Gasteiger partial charge on any atom is 0.126 e. The van der Waals surface area contributed by atoms with Crippen LogP contribution in [0, 0.1) is 11.8 Å². The molecule has 2 fully saturated rings. The molecule has 4 heteroatoms. The fraction of sp³-hybridized carbons (Fsp3) is 0.478. The average Bonchev–Trinajstić information content (AvgIpc) is 2.70. The summed E-state index contributed by atoms with van der Waals surface area (Å²) in [7, 11) is 3.54. The predicted molar refractivity (Wildman–Crippen MR) is 110 cm³/mol. The highest BCUT2D eigenvalue weighted by atomic mass is 35.5. The number of methoxy groups -OCH3 is 2. The van der Waals surface area contributed by atoms with Crippen molar-refractivity contribution in [1.82, 2.24) is 0 Å². The summed E-state index contributed by atoms with van der Waals surface area (Å²) in [4.78, 5) is 0. The molecule has 4 bridgehead atoms. The Balaban J connectivity index is 1.77. The standard InChI is InChI=1S/C23H24Cl2O2/c1-26-20-9-14(10-24)13-5-12-6-15(11-25)23(27-2)19(7-12)22-17-4-3-16(17)21(22)18(20)8-13/h6-9,16-17,21-22H,3-5,10-11H2,1-2H3. The topological polar surface area (TPSA) is 18.5 Å². The van der Waals surface area contributed by atoms with Crippen LogP contribution in [0.2, 0.25) is 0 Å². The molecule has 2 saturated carbocycles. The molecule has 0 amide bonds. The van der Waals surface area contributed by atoms with Crippen LogP contribution >= 0.6 is 23.2 Å². The van der Waals surface area contributed by atoms with E-state index in [1.165, 1.54) is 35.1 Å². The van der Waals surface area contributed by atoms with Gasteiger partial charge in [0.05, 0.1) is 20.1 Å². The number of fused-ring (bicyclic) bond motifs is 10. The Morgan fingerprint density at radius 1 is 0.852 bits per heavy atom. The highest BCUT2D eigenvalue weighted by Gasteiger charge is 2.57. The zero-order valence-corrected chi connectivity index (χ0v) is 17.2. The predicted octanol–water partition coefficient (Wildman–Crippen LogP) is 5.99. The summed E-state index contributed by atoms with van der Waals surface area (Å²) in [6, 6.07) is 9.09. The Bertz CT molecular complexity index is 908. The van der Waals surface area contributed by atoms with Crippen molar-refractivity contribution < 1.29 is 9.47 Å². The Labute approximate surface area is 170 Å². The number of hydrogen-bond acceptors (Lipinski definition) is 2. The van der Waals surface area contributed by atoms with Crippen LogP contribution in [0.4, 0.5) is 0 Å². The van der Waals surface area contributed by atoms with Crippen LogP contribution in [0.25, 0.3) is 0 Å². The number of hydrogen-bond donors (Lipinski definition) is 0. The lowest BCUT2D eigenvalue weighted by Crippen LogP contribution is -2.50. The normalized spacial score (nSPS) is 27.1. The van der Waals surface area contributed by atoms with Crippen molar-refractivity contribution in [2.75, 3.05) is 14.2 Å². The summed E-state index contributed by atoms with van der Waals surface area (Å²) < 4.78 is 11.7. The van der Waals surface area contributed by atoms with Crippen molar-refractivity contribution in [1.29, 1.82) is 0 Å². The van der Waals surface area contributed by atoms with E-state index in [1.807, 2.05) is 0 Å². The van der Waals surface area contributed by atoms with E-state index in [0.717, 1.165) is 40.9 Å². The van der Waals surface area contributed by atoms with Crippen molar-refractivity contribution in [3.05, 3.63) is 57.6 Å². The van der Waals surface area contributed by atoms with Gasteiger partial charge in [-0.25, -0.2) is 0 Å². The van der Waals surface area contributed by atoms with Gasteiger partial charge in [0.2, 0.25) is 0 Å². The maximum atomic E-state index is 6.31. The lowest BCUT2D eigenvalue weighted by molar-refractivity contribution is -0.0132. The SMILES string of the molecule is COc1cc(CCl)c2cc1C1C3CCC3C1c1cc(cc(CCl)c1OC)C2. The molecule has 0 saturated heterocycles. The summed E-state index contributed by atoms with van der Waals surface area (Å²) in [5.41, 5.74) is 7.55. The van der Waals surface area contributed by atoms with Crippen LogP contribution in [0.3, 0.4) is 0 Å². The highest BCUT2D eigenvalue weighted by molar-refractivity contribution is 6.17. The molecular weight excluding hydrogens is 379 g/mol. The average molecular weight is 403 g/mol. The first kappa shape index (κ1) is 17.7. The molecule has 0 spiro atoms. The Morgan fingerprint density at radius 3 is 2.15 bits per heavy atom. The number of alkyl halides is 2. The smallest absolute Gasteiger partial charge is 0.126 e. The fourth-order valence-electron chi connectivity index (χ4n) is 5.79. The second-order valence-corrected chi connectivity index (χ2v) is 8.68. The van der Waals surface area contributed by atoms with E-state index >= 15 is 0 Å². The Kier molecular flexibility index (Phi) is 4.33. The summed E-state index contributed by atoms with van der Waals surface area (Å²) in [5.74, 6) is 5.43. The molecule has 3 aliphatic rings. The minimum Gasteiger partial charge on any atom is -0.496 e. The summed E-state index contributed by atoms with van der Waals surface area (Å²) >= 11 is 12.6. The van der Waals surface area contributed by atoms with E-state index in [2.05, 4.69) is 24.3 Å². The van der Waals surface area contributed by atoms with E-state index < -0.39 is 0 Å². The number of ether oxygens (including phenoxy) is 2. The van der Waals surface area contributed by atoms with Gasteiger partial charge in [0, 0.05) is 11.4 Å². The quantitative estimate of drug-likeness (QED) is 0.584. The van der Waals surface area contributed by atoms with Gasteiger partial charge < -0.3 is 9.47 Å². The summed E-state index contributed by atoms with van der Waals surface area (Å²) in [6.45, 7) is 0. The molecule has 2 nitrogen and oxygen atoms in total. The first-order chi connectivity index (χ1) is 13.2. The molecule has 4 unspecified atom stereocenters. The molecule has 27 heavy (non-hydrogen) atoms. The number of halogens is 2. The zero-order valence-electron chi connectivity index (χ0n) is 15.7. The maximum absolute atomic E-state index is 6.31. The van der Waals surface area contributed by atoms with Crippen molar-refractivity contribution in [2.45, 2.75) is 42.9 Å². The third kappa shape index (κ3) is 2.46. The molecule has 0 radical (unpaired) electrons. The van der Waals surface area contributed by atoms with E-state index in [1.54, 1.807) is 14.2 Å². The van der Waals surface area contributed by atoms with Crippen LogP contribution in [0.15, 0.2) is 24.3 Å². The highest BCUT2D eigenvalue weighted by Crippen LogP contribution is 2.69. The molecular formula is C23H24Cl2O2. The molecule has 4 atom stereocenters. The minimum absolute atomic E-state index is 0.471. The largest absolute Gasteiger partial charge is 0.496 e. The Hall–Kier alpha value is -1.38. The van der Waals surface area contributed by atoms with E-state index in [4.69, 9.17) is 32.7 Å². The minimum atomic E-state index is 0.471. The third-order valence-corrected chi connectivity index (χ3v) is 7.68. The molecule has 0 aliphatic heterocycles. The summed E-state index contributed by atoms with van der Waals surface area (Å²) in [5, 5.41) is 0. The van der Waals surface area contributed by atoms with Crippen LogP contribution in [-0.2, 0) is 18.2 Å². The molecule has 2 aromatic rings. The third-order valence-electron chi connectivity index (χ3n) is 7.10. The second kappa shape index (κ2) is 6.60. The summed E-state index contributed by atoms with van der Waals surface area (Å²) in [6.07, 6.45) is 3.49. The first-order valence-electron chi connectivity index (χ1n) is 9.71. The monoisotopic (exact) mass is 402 g/mol. The Morgan fingerprint density at radius 2 is 1.56 bits per heavy atom. The van der Waals surface area contributed by atoms with Gasteiger partial charge in [-0.1, -0.05) is 18.2 Å². The molecule has 0 heterocycles. The van der Waals surface area contributed by atoms with Crippen molar-refractivity contribution in [2.24, 2.45) is 11.8 Å². The molecule has 0 N–H and O–H groups in total. The van der Waals surface area contributed by atoms with Gasteiger partial charge in [-0.3, -0.25) is 0 Å². The first-order valence-corrected chi connectivity index (χ1v) is 10.8. The van der Waals surface area contributed by atoms with Crippen LogP contribution < -0.4 is 9.47 Å². The van der Waals surface area contributed by atoms with Gasteiger partial charge in [-0.2, -0.15) is 0 Å². The van der Waals surface area contributed by atoms with Gasteiger partial charge in [-0.15, -0.1) is 23.2 Å². The van der Waals surface area contributed by atoms with Gasteiger partial charge in [0.25, 0.3) is 0 Å². The van der Waals surface area contributed by atoms with Crippen molar-refractivity contribution in [3.63, 3.8) is 0 Å². The second-order valence-electron chi connectivity index (χ2n) is 8.14.